The molecule has 64 valence electrons. The molecule has 0 atom stereocenters. The maximum Gasteiger partial charge on any atom is 0.151 e. The fraction of sp³-hybridized carbons (Fsp3) is 0.111. The zero-order chi connectivity index (χ0) is 9.84. The minimum absolute atomic E-state index is 0.0377. The summed E-state index contributed by atoms with van der Waals surface area (Å²) < 4.78 is 13.2. The standard InChI is InChI=1S/C9H6FN3/c10-9-7(3-4-11)6(5-12)1-2-8(9)13/h1-2H,3,13H2. The SMILES string of the molecule is N#CCc1c(C#N)ccc(N)c1F. The molecule has 0 aliphatic rings. The lowest BCUT2D eigenvalue weighted by Gasteiger charge is -2.02. The van der Waals surface area contributed by atoms with Gasteiger partial charge in [-0.25, -0.2) is 4.39 Å². The summed E-state index contributed by atoms with van der Waals surface area (Å²) in [6, 6.07) is 6.30. The van der Waals surface area contributed by atoms with Gasteiger partial charge in [0.25, 0.3) is 0 Å². The van der Waals surface area contributed by atoms with Crippen molar-refractivity contribution in [3.05, 3.63) is 29.1 Å². The van der Waals surface area contributed by atoms with Gasteiger partial charge in [0.05, 0.1) is 29.8 Å². The Labute approximate surface area is 74.8 Å². The largest absolute Gasteiger partial charge is 0.396 e. The van der Waals surface area contributed by atoms with E-state index in [0.717, 1.165) is 0 Å². The van der Waals surface area contributed by atoms with Crippen LogP contribution in [0, 0.1) is 28.5 Å². The van der Waals surface area contributed by atoms with Gasteiger partial charge < -0.3 is 5.73 Å². The van der Waals surface area contributed by atoms with Crippen molar-refractivity contribution in [3.8, 4) is 12.1 Å². The van der Waals surface area contributed by atoms with Crippen LogP contribution in [-0.4, -0.2) is 0 Å². The summed E-state index contributed by atoms with van der Waals surface area (Å²) in [6.07, 6.45) is -0.139. The normalized spacial score (nSPS) is 8.85. The summed E-state index contributed by atoms with van der Waals surface area (Å²) in [6.45, 7) is 0. The Morgan fingerprint density at radius 3 is 2.62 bits per heavy atom. The summed E-state index contributed by atoms with van der Waals surface area (Å²) in [5.41, 5.74) is 5.48. The Morgan fingerprint density at radius 2 is 2.08 bits per heavy atom. The lowest BCUT2D eigenvalue weighted by molar-refractivity contribution is 0.619. The Morgan fingerprint density at radius 1 is 1.38 bits per heavy atom. The van der Waals surface area contributed by atoms with E-state index in [-0.39, 0.29) is 23.2 Å². The van der Waals surface area contributed by atoms with Crippen molar-refractivity contribution in [1.82, 2.24) is 0 Å². The lowest BCUT2D eigenvalue weighted by Crippen LogP contribution is -1.99. The number of nitrogen functional groups attached to an aromatic ring is 1. The third-order valence-electron chi connectivity index (χ3n) is 1.65. The van der Waals surface area contributed by atoms with Gasteiger partial charge in [-0.05, 0) is 12.1 Å². The van der Waals surface area contributed by atoms with Crippen LogP contribution in [0.25, 0.3) is 0 Å². The highest BCUT2D eigenvalue weighted by atomic mass is 19.1. The maximum atomic E-state index is 13.2. The third-order valence-corrected chi connectivity index (χ3v) is 1.65. The second kappa shape index (κ2) is 3.55. The van der Waals surface area contributed by atoms with Crippen LogP contribution in [-0.2, 0) is 6.42 Å². The van der Waals surface area contributed by atoms with E-state index in [0.29, 0.717) is 0 Å². The molecule has 0 bridgehead atoms. The number of halogens is 1. The second-order valence-electron chi connectivity index (χ2n) is 2.44. The predicted octanol–water partition coefficient (Wildman–Crippen LogP) is 1.35. The van der Waals surface area contributed by atoms with Crippen LogP contribution in [0.5, 0.6) is 0 Å². The number of anilines is 1. The van der Waals surface area contributed by atoms with E-state index in [1.807, 2.05) is 0 Å². The molecular weight excluding hydrogens is 169 g/mol. The topological polar surface area (TPSA) is 73.6 Å². The number of nitriles is 2. The molecular formula is C9H6FN3. The summed E-state index contributed by atoms with van der Waals surface area (Å²) in [7, 11) is 0. The molecule has 0 aromatic heterocycles. The van der Waals surface area contributed by atoms with Crippen molar-refractivity contribution in [2.45, 2.75) is 6.42 Å². The first-order valence-corrected chi connectivity index (χ1v) is 3.54. The smallest absolute Gasteiger partial charge is 0.151 e. The Hall–Kier alpha value is -2.07. The molecule has 1 aromatic rings. The molecule has 0 amide bonds. The number of nitrogens with two attached hydrogens (primary N) is 1. The predicted molar refractivity (Wildman–Crippen MR) is 44.8 cm³/mol. The van der Waals surface area contributed by atoms with E-state index in [1.165, 1.54) is 12.1 Å². The van der Waals surface area contributed by atoms with Crippen LogP contribution in [0.2, 0.25) is 0 Å². The molecule has 0 saturated carbocycles. The Bertz CT molecular complexity index is 412. The summed E-state index contributed by atoms with van der Waals surface area (Å²) in [4.78, 5) is 0. The quantitative estimate of drug-likeness (QED) is 0.654. The summed E-state index contributed by atoms with van der Waals surface area (Å²) in [5, 5.41) is 17.0. The van der Waals surface area contributed by atoms with Crippen molar-refractivity contribution in [3.63, 3.8) is 0 Å². The monoisotopic (exact) mass is 175 g/mol. The molecule has 13 heavy (non-hydrogen) atoms. The maximum absolute atomic E-state index is 13.2. The van der Waals surface area contributed by atoms with E-state index in [1.54, 1.807) is 12.1 Å². The van der Waals surface area contributed by atoms with E-state index in [4.69, 9.17) is 16.3 Å². The number of rotatable bonds is 1. The van der Waals surface area contributed by atoms with Crippen molar-refractivity contribution in [2.75, 3.05) is 5.73 Å². The minimum Gasteiger partial charge on any atom is -0.396 e. The first kappa shape index (κ1) is 9.02. The van der Waals surface area contributed by atoms with Crippen LogP contribution in [0.4, 0.5) is 10.1 Å². The van der Waals surface area contributed by atoms with Gasteiger partial charge in [0.15, 0.2) is 5.82 Å². The molecule has 1 aromatic carbocycles. The molecule has 2 N–H and O–H groups in total. The summed E-state index contributed by atoms with van der Waals surface area (Å²) in [5.74, 6) is -0.666. The first-order valence-electron chi connectivity index (χ1n) is 3.54. The highest BCUT2D eigenvalue weighted by molar-refractivity contribution is 5.51. The van der Waals surface area contributed by atoms with Gasteiger partial charge in [-0.15, -0.1) is 0 Å². The van der Waals surface area contributed by atoms with E-state index in [9.17, 15) is 4.39 Å². The molecule has 1 rings (SSSR count). The van der Waals surface area contributed by atoms with Crippen LogP contribution in [0.3, 0.4) is 0 Å². The second-order valence-corrected chi connectivity index (χ2v) is 2.44. The molecule has 0 fully saturated rings. The third kappa shape index (κ3) is 1.57. The molecule has 0 radical (unpaired) electrons. The minimum atomic E-state index is -0.666. The van der Waals surface area contributed by atoms with Gasteiger partial charge in [-0.1, -0.05) is 0 Å². The van der Waals surface area contributed by atoms with Gasteiger partial charge in [0.1, 0.15) is 0 Å². The molecule has 3 nitrogen and oxygen atoms in total. The first-order chi connectivity index (χ1) is 6.20. The van der Waals surface area contributed by atoms with Crippen molar-refractivity contribution in [2.24, 2.45) is 0 Å². The van der Waals surface area contributed by atoms with Gasteiger partial charge in [0, 0.05) is 5.56 Å². The van der Waals surface area contributed by atoms with Gasteiger partial charge >= 0.3 is 0 Å². The molecule has 4 heteroatoms. The van der Waals surface area contributed by atoms with Crippen molar-refractivity contribution in [1.29, 1.82) is 10.5 Å². The van der Waals surface area contributed by atoms with Crippen LogP contribution < -0.4 is 5.73 Å². The van der Waals surface area contributed by atoms with Crippen LogP contribution in [0.1, 0.15) is 11.1 Å². The molecule has 0 spiro atoms. The van der Waals surface area contributed by atoms with E-state index >= 15 is 0 Å². The van der Waals surface area contributed by atoms with Gasteiger partial charge in [-0.2, -0.15) is 10.5 Å². The fourth-order valence-corrected chi connectivity index (χ4v) is 0.996. The van der Waals surface area contributed by atoms with E-state index in [2.05, 4.69) is 0 Å². The number of benzene rings is 1. The zero-order valence-electron chi connectivity index (χ0n) is 6.71. The van der Waals surface area contributed by atoms with Crippen LogP contribution >= 0.6 is 0 Å². The molecule has 0 saturated heterocycles. The summed E-state index contributed by atoms with van der Waals surface area (Å²) >= 11 is 0. The van der Waals surface area contributed by atoms with Crippen LogP contribution in [0.15, 0.2) is 12.1 Å². The van der Waals surface area contributed by atoms with Crippen molar-refractivity contribution < 1.29 is 4.39 Å². The number of hydrogen-bond acceptors (Lipinski definition) is 3. The number of nitrogens with zero attached hydrogens (tertiary/aromatic N) is 2. The fourth-order valence-electron chi connectivity index (χ4n) is 0.996. The zero-order valence-corrected chi connectivity index (χ0v) is 6.71. The lowest BCUT2D eigenvalue weighted by atomic mass is 10.0. The van der Waals surface area contributed by atoms with E-state index < -0.39 is 5.82 Å². The van der Waals surface area contributed by atoms with Gasteiger partial charge in [-0.3, -0.25) is 0 Å². The molecule has 0 heterocycles. The van der Waals surface area contributed by atoms with Crippen molar-refractivity contribution >= 4 is 5.69 Å². The highest BCUT2D eigenvalue weighted by Crippen LogP contribution is 2.19. The van der Waals surface area contributed by atoms with Gasteiger partial charge in [0.2, 0.25) is 0 Å². The highest BCUT2D eigenvalue weighted by Gasteiger charge is 2.10. The molecule has 0 aliphatic carbocycles. The molecule has 0 unspecified atom stereocenters. The Kier molecular flexibility index (Phi) is 2.47. The average Bonchev–Trinajstić information content (AvgIpc) is 2.14. The number of hydrogen-bond donors (Lipinski definition) is 1. The molecule has 0 aliphatic heterocycles. The average molecular weight is 175 g/mol. The Balaban J connectivity index is 3.36.